The number of hydrogen-bond acceptors (Lipinski definition) is 4. The minimum absolute atomic E-state index is 0.182. The summed E-state index contributed by atoms with van der Waals surface area (Å²) < 4.78 is 14.2. The number of nitrogens with zero attached hydrogens (tertiary/aromatic N) is 2. The average Bonchev–Trinajstić information content (AvgIpc) is 2.61. The molecule has 0 radical (unpaired) electrons. The van der Waals surface area contributed by atoms with Crippen LogP contribution in [0.4, 0.5) is 10.1 Å². The van der Waals surface area contributed by atoms with Crippen molar-refractivity contribution < 1.29 is 14.0 Å². The molecule has 130 valence electrons. The summed E-state index contributed by atoms with van der Waals surface area (Å²) in [6.07, 6.45) is 1.44. The average molecular weight is 343 g/mol. The van der Waals surface area contributed by atoms with Crippen molar-refractivity contribution in [3.8, 4) is 0 Å². The minimum atomic E-state index is -0.443. The van der Waals surface area contributed by atoms with Crippen LogP contribution in [0.2, 0.25) is 0 Å². The van der Waals surface area contributed by atoms with E-state index in [0.29, 0.717) is 43.0 Å². The van der Waals surface area contributed by atoms with Crippen LogP contribution in [0.5, 0.6) is 0 Å². The van der Waals surface area contributed by atoms with Crippen LogP contribution in [0.3, 0.4) is 0 Å². The number of pyridine rings is 1. The van der Waals surface area contributed by atoms with Crippen LogP contribution in [0.25, 0.3) is 0 Å². The van der Waals surface area contributed by atoms with Gasteiger partial charge in [0.05, 0.1) is 5.69 Å². The summed E-state index contributed by atoms with van der Waals surface area (Å²) in [5, 5.41) is 0. The molecular formula is C18H18FN3O3. The SMILES string of the molecule is CC(=O)c1ccc(N2CCN(C(=O)c3cc[nH]c(=O)c3)CC2)c(F)c1. The van der Waals surface area contributed by atoms with E-state index in [9.17, 15) is 18.8 Å². The number of rotatable bonds is 3. The highest BCUT2D eigenvalue weighted by Crippen LogP contribution is 2.22. The second kappa shape index (κ2) is 6.88. The molecule has 1 N–H and O–H groups in total. The maximum Gasteiger partial charge on any atom is 0.254 e. The number of piperazine rings is 1. The molecule has 1 aromatic carbocycles. The standard InChI is InChI=1S/C18H18FN3O3/c1-12(23)13-2-3-16(15(19)10-13)21-6-8-22(9-7-21)18(25)14-4-5-20-17(24)11-14/h2-5,10-11H,6-9H2,1H3,(H,20,24). The molecule has 1 amide bonds. The number of anilines is 1. The lowest BCUT2D eigenvalue weighted by Gasteiger charge is -2.36. The molecule has 0 atom stereocenters. The number of carbonyl (C=O) groups is 2. The number of ketones is 1. The fraction of sp³-hybridized carbons (Fsp3) is 0.278. The van der Waals surface area contributed by atoms with Crippen molar-refractivity contribution in [1.29, 1.82) is 0 Å². The Labute approximate surface area is 143 Å². The molecule has 1 fully saturated rings. The highest BCUT2D eigenvalue weighted by atomic mass is 19.1. The number of carbonyl (C=O) groups excluding carboxylic acids is 2. The number of benzene rings is 1. The van der Waals surface area contributed by atoms with Gasteiger partial charge in [-0.05, 0) is 31.2 Å². The summed E-state index contributed by atoms with van der Waals surface area (Å²) >= 11 is 0. The van der Waals surface area contributed by atoms with Crippen molar-refractivity contribution in [2.45, 2.75) is 6.92 Å². The Morgan fingerprint density at radius 1 is 1.04 bits per heavy atom. The number of halogens is 1. The molecule has 0 saturated carbocycles. The van der Waals surface area contributed by atoms with Crippen molar-refractivity contribution in [1.82, 2.24) is 9.88 Å². The van der Waals surface area contributed by atoms with Crippen LogP contribution in [-0.2, 0) is 0 Å². The Morgan fingerprint density at radius 3 is 2.36 bits per heavy atom. The Morgan fingerprint density at radius 2 is 1.76 bits per heavy atom. The number of aromatic nitrogens is 1. The van der Waals surface area contributed by atoms with Gasteiger partial charge in [0.15, 0.2) is 5.78 Å². The first kappa shape index (κ1) is 16.9. The third kappa shape index (κ3) is 3.60. The molecule has 0 spiro atoms. The van der Waals surface area contributed by atoms with Crippen molar-refractivity contribution >= 4 is 17.4 Å². The Hall–Kier alpha value is -2.96. The highest BCUT2D eigenvalue weighted by Gasteiger charge is 2.24. The topological polar surface area (TPSA) is 73.5 Å². The number of H-pyrrole nitrogens is 1. The third-order valence-electron chi connectivity index (χ3n) is 4.28. The van der Waals surface area contributed by atoms with Crippen LogP contribution in [-0.4, -0.2) is 47.8 Å². The van der Waals surface area contributed by atoms with Crippen LogP contribution in [0, 0.1) is 5.82 Å². The molecule has 2 heterocycles. The smallest absolute Gasteiger partial charge is 0.254 e. The quantitative estimate of drug-likeness (QED) is 0.861. The Kier molecular flexibility index (Phi) is 4.65. The zero-order valence-corrected chi connectivity index (χ0v) is 13.8. The van der Waals surface area contributed by atoms with Gasteiger partial charge < -0.3 is 14.8 Å². The van der Waals surface area contributed by atoms with Gasteiger partial charge in [-0.3, -0.25) is 14.4 Å². The van der Waals surface area contributed by atoms with E-state index in [1.54, 1.807) is 23.1 Å². The number of amides is 1. The van der Waals surface area contributed by atoms with E-state index in [1.165, 1.54) is 25.3 Å². The summed E-state index contributed by atoms with van der Waals surface area (Å²) in [7, 11) is 0. The summed E-state index contributed by atoms with van der Waals surface area (Å²) in [6, 6.07) is 7.28. The van der Waals surface area contributed by atoms with Gasteiger partial charge in [0, 0.05) is 49.6 Å². The zero-order valence-electron chi connectivity index (χ0n) is 13.8. The highest BCUT2D eigenvalue weighted by molar-refractivity contribution is 5.95. The van der Waals surface area contributed by atoms with E-state index in [0.717, 1.165) is 0 Å². The summed E-state index contributed by atoms with van der Waals surface area (Å²) in [5.41, 5.74) is 0.781. The van der Waals surface area contributed by atoms with Crippen molar-refractivity contribution in [3.05, 3.63) is 63.8 Å². The molecule has 0 aliphatic carbocycles. The zero-order chi connectivity index (χ0) is 18.0. The first-order valence-electron chi connectivity index (χ1n) is 7.99. The van der Waals surface area contributed by atoms with Crippen LogP contribution in [0.15, 0.2) is 41.3 Å². The maximum absolute atomic E-state index is 14.2. The molecule has 1 aliphatic rings. The fourth-order valence-electron chi connectivity index (χ4n) is 2.89. The Bertz CT molecular complexity index is 870. The molecule has 0 bridgehead atoms. The fourth-order valence-corrected chi connectivity index (χ4v) is 2.89. The lowest BCUT2D eigenvalue weighted by atomic mass is 10.1. The predicted octanol–water partition coefficient (Wildman–Crippen LogP) is 1.68. The van der Waals surface area contributed by atoms with Gasteiger partial charge in [-0.25, -0.2) is 4.39 Å². The Balaban J connectivity index is 1.69. The van der Waals surface area contributed by atoms with E-state index >= 15 is 0 Å². The van der Waals surface area contributed by atoms with Crippen LogP contribution >= 0.6 is 0 Å². The molecule has 1 aliphatic heterocycles. The van der Waals surface area contributed by atoms with Gasteiger partial charge in [0.2, 0.25) is 5.56 Å². The monoisotopic (exact) mass is 343 g/mol. The molecule has 7 heteroatoms. The molecular weight excluding hydrogens is 325 g/mol. The van der Waals surface area contributed by atoms with E-state index in [-0.39, 0.29) is 17.2 Å². The molecule has 3 rings (SSSR count). The van der Waals surface area contributed by atoms with Crippen molar-refractivity contribution in [3.63, 3.8) is 0 Å². The molecule has 2 aromatic rings. The van der Waals surface area contributed by atoms with Crippen LogP contribution in [0.1, 0.15) is 27.6 Å². The van der Waals surface area contributed by atoms with E-state index in [2.05, 4.69) is 4.98 Å². The number of nitrogens with one attached hydrogen (secondary N) is 1. The summed E-state index contributed by atoms with van der Waals surface area (Å²) in [5.74, 6) is -0.834. The summed E-state index contributed by atoms with van der Waals surface area (Å²) in [4.78, 5) is 41.0. The predicted molar refractivity (Wildman–Crippen MR) is 91.6 cm³/mol. The number of aromatic amines is 1. The van der Waals surface area contributed by atoms with E-state index in [4.69, 9.17) is 0 Å². The van der Waals surface area contributed by atoms with Gasteiger partial charge in [0.25, 0.3) is 5.91 Å². The van der Waals surface area contributed by atoms with Crippen molar-refractivity contribution in [2.75, 3.05) is 31.1 Å². The van der Waals surface area contributed by atoms with E-state index < -0.39 is 5.82 Å². The first-order chi connectivity index (χ1) is 12.0. The molecule has 0 unspecified atom stereocenters. The lowest BCUT2D eigenvalue weighted by Crippen LogP contribution is -2.49. The lowest BCUT2D eigenvalue weighted by molar-refractivity contribution is 0.0746. The molecule has 6 nitrogen and oxygen atoms in total. The summed E-state index contributed by atoms with van der Waals surface area (Å²) in [6.45, 7) is 3.21. The minimum Gasteiger partial charge on any atom is -0.366 e. The normalized spacial score (nSPS) is 14.5. The second-order valence-electron chi connectivity index (χ2n) is 5.94. The largest absolute Gasteiger partial charge is 0.366 e. The molecule has 25 heavy (non-hydrogen) atoms. The van der Waals surface area contributed by atoms with Gasteiger partial charge in [-0.2, -0.15) is 0 Å². The second-order valence-corrected chi connectivity index (χ2v) is 5.94. The van der Waals surface area contributed by atoms with Gasteiger partial charge in [-0.1, -0.05) is 0 Å². The van der Waals surface area contributed by atoms with E-state index in [1.807, 2.05) is 4.90 Å². The first-order valence-corrected chi connectivity index (χ1v) is 7.99. The van der Waals surface area contributed by atoms with Crippen LogP contribution < -0.4 is 10.5 Å². The molecule has 1 saturated heterocycles. The number of Topliss-reactive ketones (excluding diaryl/α,β-unsaturated/α-hetero) is 1. The van der Waals surface area contributed by atoms with Crippen molar-refractivity contribution in [2.24, 2.45) is 0 Å². The number of hydrogen-bond donors (Lipinski definition) is 1. The van der Waals surface area contributed by atoms with Gasteiger partial charge in [-0.15, -0.1) is 0 Å². The van der Waals surface area contributed by atoms with Gasteiger partial charge >= 0.3 is 0 Å². The maximum atomic E-state index is 14.2. The molecule has 1 aromatic heterocycles. The third-order valence-corrected chi connectivity index (χ3v) is 4.28. The van der Waals surface area contributed by atoms with Gasteiger partial charge in [0.1, 0.15) is 5.82 Å².